The Morgan fingerprint density at radius 1 is 1.35 bits per heavy atom. The molecule has 0 unspecified atom stereocenters. The first kappa shape index (κ1) is 11.5. The molecule has 2 aliphatic carbocycles. The quantitative estimate of drug-likeness (QED) is 0.903. The Labute approximate surface area is 110 Å². The van der Waals surface area contributed by atoms with E-state index in [1.807, 2.05) is 6.07 Å². The lowest BCUT2D eigenvalue weighted by atomic mass is 10.1. The third-order valence-corrected chi connectivity index (χ3v) is 4.19. The summed E-state index contributed by atoms with van der Waals surface area (Å²) >= 11 is 3.51. The first-order chi connectivity index (χ1) is 8.28. The van der Waals surface area contributed by atoms with Crippen LogP contribution in [0.4, 0.5) is 0 Å². The molecule has 2 fully saturated rings. The van der Waals surface area contributed by atoms with Crippen LogP contribution in [-0.4, -0.2) is 18.3 Å². The highest BCUT2D eigenvalue weighted by atomic mass is 79.9. The second-order valence-electron chi connectivity index (χ2n) is 5.22. The third kappa shape index (κ3) is 2.66. The zero-order valence-electron chi connectivity index (χ0n) is 9.73. The van der Waals surface area contributed by atoms with Crippen molar-refractivity contribution in [1.29, 1.82) is 0 Å². The lowest BCUT2D eigenvalue weighted by Crippen LogP contribution is -2.02. The van der Waals surface area contributed by atoms with Crippen molar-refractivity contribution in [3.63, 3.8) is 0 Å². The predicted octanol–water partition coefficient (Wildman–Crippen LogP) is 3.33. The van der Waals surface area contributed by atoms with Crippen LogP contribution in [0.25, 0.3) is 0 Å². The van der Waals surface area contributed by atoms with Gasteiger partial charge < -0.3 is 9.84 Å². The molecule has 1 aromatic carbocycles. The van der Waals surface area contributed by atoms with Crippen molar-refractivity contribution in [3.05, 3.63) is 28.2 Å². The smallest absolute Gasteiger partial charge is 0.122 e. The van der Waals surface area contributed by atoms with Crippen LogP contribution >= 0.6 is 15.9 Å². The molecule has 2 aliphatic rings. The van der Waals surface area contributed by atoms with Crippen molar-refractivity contribution in [2.45, 2.75) is 25.2 Å². The summed E-state index contributed by atoms with van der Waals surface area (Å²) in [6.45, 7) is 1.14. The fraction of sp³-hybridized carbons (Fsp3) is 0.571. The molecule has 0 aromatic heterocycles. The standard InChI is InChI=1S/C14H17BrO2/c15-11-3-4-14(17-8-9-1-2-9)13(6-11)12-5-10(12)7-16/h3-4,6,9-10,12,16H,1-2,5,7-8H2/t10-,12+/m1/s1. The minimum atomic E-state index is 0.291. The molecule has 0 bridgehead atoms. The number of ether oxygens (including phenoxy) is 1. The van der Waals surface area contributed by atoms with Crippen molar-refractivity contribution in [3.8, 4) is 5.75 Å². The van der Waals surface area contributed by atoms with Gasteiger partial charge in [-0.05, 0) is 60.8 Å². The minimum Gasteiger partial charge on any atom is -0.493 e. The van der Waals surface area contributed by atoms with E-state index in [1.165, 1.54) is 18.4 Å². The number of benzene rings is 1. The van der Waals surface area contributed by atoms with Crippen LogP contribution in [-0.2, 0) is 0 Å². The normalized spacial score (nSPS) is 26.9. The molecule has 0 amide bonds. The van der Waals surface area contributed by atoms with E-state index in [4.69, 9.17) is 4.74 Å². The summed E-state index contributed by atoms with van der Waals surface area (Å²) in [5.41, 5.74) is 1.26. The third-order valence-electron chi connectivity index (χ3n) is 3.70. The molecule has 1 N–H and O–H groups in total. The number of hydrogen-bond acceptors (Lipinski definition) is 2. The lowest BCUT2D eigenvalue weighted by Gasteiger charge is -2.11. The van der Waals surface area contributed by atoms with Crippen molar-refractivity contribution < 1.29 is 9.84 Å². The van der Waals surface area contributed by atoms with Crippen LogP contribution in [0.5, 0.6) is 5.75 Å². The zero-order valence-corrected chi connectivity index (χ0v) is 11.3. The van der Waals surface area contributed by atoms with Gasteiger partial charge >= 0.3 is 0 Å². The maximum atomic E-state index is 9.17. The van der Waals surface area contributed by atoms with E-state index in [1.54, 1.807) is 0 Å². The van der Waals surface area contributed by atoms with Crippen LogP contribution in [0.1, 0.15) is 30.7 Å². The number of halogens is 1. The SMILES string of the molecule is OC[C@H]1C[C@@H]1c1cc(Br)ccc1OCC1CC1. The lowest BCUT2D eigenvalue weighted by molar-refractivity contribution is 0.272. The van der Waals surface area contributed by atoms with E-state index >= 15 is 0 Å². The molecule has 92 valence electrons. The molecule has 0 heterocycles. The molecule has 0 radical (unpaired) electrons. The van der Waals surface area contributed by atoms with Crippen molar-refractivity contribution >= 4 is 15.9 Å². The monoisotopic (exact) mass is 296 g/mol. The largest absolute Gasteiger partial charge is 0.493 e. The van der Waals surface area contributed by atoms with Gasteiger partial charge in [0.15, 0.2) is 0 Å². The maximum absolute atomic E-state index is 9.17. The van der Waals surface area contributed by atoms with Crippen LogP contribution in [0.3, 0.4) is 0 Å². The minimum absolute atomic E-state index is 0.291. The van der Waals surface area contributed by atoms with Crippen LogP contribution in [0.2, 0.25) is 0 Å². The molecule has 0 spiro atoms. The summed E-state index contributed by atoms with van der Waals surface area (Å²) in [4.78, 5) is 0. The summed E-state index contributed by atoms with van der Waals surface area (Å²) in [5, 5.41) is 9.17. The van der Waals surface area contributed by atoms with Crippen molar-refractivity contribution in [1.82, 2.24) is 0 Å². The number of rotatable bonds is 5. The average molecular weight is 297 g/mol. The Bertz CT molecular complexity index is 415. The number of aliphatic hydroxyl groups is 1. The molecule has 2 saturated carbocycles. The molecule has 0 saturated heterocycles. The van der Waals surface area contributed by atoms with E-state index in [2.05, 4.69) is 28.1 Å². The van der Waals surface area contributed by atoms with Crippen LogP contribution in [0, 0.1) is 11.8 Å². The molecule has 0 aliphatic heterocycles. The first-order valence-electron chi connectivity index (χ1n) is 6.31. The molecule has 3 heteroatoms. The van der Waals surface area contributed by atoms with Gasteiger partial charge in [0.2, 0.25) is 0 Å². The van der Waals surface area contributed by atoms with Crippen molar-refractivity contribution in [2.75, 3.05) is 13.2 Å². The summed E-state index contributed by atoms with van der Waals surface area (Å²) in [6, 6.07) is 6.22. The summed E-state index contributed by atoms with van der Waals surface area (Å²) in [7, 11) is 0. The van der Waals surface area contributed by atoms with Gasteiger partial charge in [-0.1, -0.05) is 15.9 Å². The molecule has 3 rings (SSSR count). The summed E-state index contributed by atoms with van der Waals surface area (Å²) < 4.78 is 7.00. The molecule has 2 atom stereocenters. The second kappa shape index (κ2) is 4.62. The Hall–Kier alpha value is -0.540. The molecule has 1 aromatic rings. The van der Waals surface area contributed by atoms with E-state index < -0.39 is 0 Å². The number of aliphatic hydroxyl groups excluding tert-OH is 1. The predicted molar refractivity (Wildman–Crippen MR) is 70.3 cm³/mol. The van der Waals surface area contributed by atoms with Crippen LogP contribution in [0.15, 0.2) is 22.7 Å². The highest BCUT2D eigenvalue weighted by molar-refractivity contribution is 9.10. The fourth-order valence-corrected chi connectivity index (χ4v) is 2.64. The van der Waals surface area contributed by atoms with E-state index in [9.17, 15) is 5.11 Å². The summed E-state index contributed by atoms with van der Waals surface area (Å²) in [5.74, 6) is 2.72. The van der Waals surface area contributed by atoms with Gasteiger partial charge in [-0.25, -0.2) is 0 Å². The first-order valence-corrected chi connectivity index (χ1v) is 7.10. The van der Waals surface area contributed by atoms with Gasteiger partial charge in [0, 0.05) is 11.1 Å². The van der Waals surface area contributed by atoms with Gasteiger partial charge in [-0.15, -0.1) is 0 Å². The van der Waals surface area contributed by atoms with Gasteiger partial charge in [0.25, 0.3) is 0 Å². The second-order valence-corrected chi connectivity index (χ2v) is 6.14. The van der Waals surface area contributed by atoms with Gasteiger partial charge in [-0.3, -0.25) is 0 Å². The van der Waals surface area contributed by atoms with E-state index in [-0.39, 0.29) is 0 Å². The Kier molecular flexibility index (Phi) is 3.14. The topological polar surface area (TPSA) is 29.5 Å². The highest BCUT2D eigenvalue weighted by Crippen LogP contribution is 2.50. The van der Waals surface area contributed by atoms with E-state index in [0.717, 1.165) is 29.2 Å². The Morgan fingerprint density at radius 3 is 2.82 bits per heavy atom. The van der Waals surface area contributed by atoms with E-state index in [0.29, 0.717) is 18.4 Å². The summed E-state index contributed by atoms with van der Waals surface area (Å²) in [6.07, 6.45) is 3.72. The zero-order chi connectivity index (χ0) is 11.8. The highest BCUT2D eigenvalue weighted by Gasteiger charge is 2.39. The molecular formula is C14H17BrO2. The molecule has 17 heavy (non-hydrogen) atoms. The molecule has 2 nitrogen and oxygen atoms in total. The van der Waals surface area contributed by atoms with Gasteiger partial charge in [-0.2, -0.15) is 0 Å². The maximum Gasteiger partial charge on any atom is 0.122 e. The van der Waals surface area contributed by atoms with Gasteiger partial charge in [0.1, 0.15) is 5.75 Å². The Morgan fingerprint density at radius 2 is 2.18 bits per heavy atom. The van der Waals surface area contributed by atoms with Crippen molar-refractivity contribution in [2.24, 2.45) is 11.8 Å². The van der Waals surface area contributed by atoms with Crippen LogP contribution < -0.4 is 4.74 Å². The fourth-order valence-electron chi connectivity index (χ4n) is 2.26. The number of hydrogen-bond donors (Lipinski definition) is 1. The molecular weight excluding hydrogens is 280 g/mol. The average Bonchev–Trinajstić information content (AvgIpc) is 3.21. The van der Waals surface area contributed by atoms with Gasteiger partial charge in [0.05, 0.1) is 6.61 Å². The Balaban J connectivity index is 1.75.